The number of fused-ring (bicyclic) bond motifs is 1. The number of ether oxygens (including phenoxy) is 2. The highest BCUT2D eigenvalue weighted by atomic mass is 16.5. The van der Waals surface area contributed by atoms with Gasteiger partial charge in [0, 0.05) is 37.5 Å². The van der Waals surface area contributed by atoms with E-state index in [1.807, 2.05) is 6.07 Å². The Bertz CT molecular complexity index is 736. The molecule has 1 N–H and O–H groups in total. The number of carbonyl (C=O) groups excluding carboxylic acids is 1. The summed E-state index contributed by atoms with van der Waals surface area (Å²) in [4.78, 5) is 22.6. The molecule has 0 radical (unpaired) electrons. The van der Waals surface area contributed by atoms with Crippen LogP contribution in [0, 0.1) is 11.8 Å². The highest BCUT2D eigenvalue weighted by Gasteiger charge is 2.44. The Morgan fingerprint density at radius 3 is 3.16 bits per heavy atom. The molecule has 0 aromatic carbocycles. The van der Waals surface area contributed by atoms with E-state index in [0.29, 0.717) is 30.7 Å². The SMILES string of the molecule is COc1cc(N2C[C@H]3[C@@H](CNC(=O)c4ccco4)CO[C@H]3C2)ncn1. The standard InChI is InChI=1S/C17H20N4O4/c1-23-16-5-15(19-10-20-16)21-7-12-11(9-25-14(12)8-21)6-18-17(22)13-3-2-4-24-13/h2-5,10-12,14H,6-9H2,1H3,(H,18,22)/t11-,12-,14-/m0/s1. The van der Waals surface area contributed by atoms with Crippen LogP contribution in [0.4, 0.5) is 5.82 Å². The molecular weight excluding hydrogens is 324 g/mol. The third kappa shape index (κ3) is 3.17. The first-order valence-corrected chi connectivity index (χ1v) is 8.29. The Balaban J connectivity index is 1.37. The lowest BCUT2D eigenvalue weighted by Gasteiger charge is -2.20. The second-order valence-corrected chi connectivity index (χ2v) is 6.31. The molecule has 0 unspecified atom stereocenters. The summed E-state index contributed by atoms with van der Waals surface area (Å²) in [7, 11) is 1.59. The van der Waals surface area contributed by atoms with Gasteiger partial charge in [-0.15, -0.1) is 0 Å². The second-order valence-electron chi connectivity index (χ2n) is 6.31. The number of rotatable bonds is 5. The molecule has 2 aliphatic heterocycles. The van der Waals surface area contributed by atoms with Crippen molar-refractivity contribution in [3.63, 3.8) is 0 Å². The van der Waals surface area contributed by atoms with Gasteiger partial charge >= 0.3 is 0 Å². The van der Waals surface area contributed by atoms with Crippen molar-refractivity contribution in [3.8, 4) is 5.88 Å². The van der Waals surface area contributed by atoms with E-state index in [0.717, 1.165) is 18.9 Å². The molecule has 2 aromatic rings. The van der Waals surface area contributed by atoms with E-state index in [4.69, 9.17) is 13.9 Å². The van der Waals surface area contributed by atoms with Crippen LogP contribution in [0.1, 0.15) is 10.6 Å². The quantitative estimate of drug-likeness (QED) is 0.864. The number of furan rings is 1. The van der Waals surface area contributed by atoms with Crippen LogP contribution in [0.5, 0.6) is 5.88 Å². The molecule has 4 heterocycles. The third-order valence-electron chi connectivity index (χ3n) is 4.87. The maximum absolute atomic E-state index is 12.0. The normalized spacial score (nSPS) is 25.0. The number of nitrogens with one attached hydrogen (secondary N) is 1. The van der Waals surface area contributed by atoms with Gasteiger partial charge in [0.25, 0.3) is 5.91 Å². The molecule has 2 fully saturated rings. The predicted octanol–water partition coefficient (Wildman–Crippen LogP) is 0.959. The van der Waals surface area contributed by atoms with E-state index in [-0.39, 0.29) is 17.9 Å². The Morgan fingerprint density at radius 2 is 2.36 bits per heavy atom. The smallest absolute Gasteiger partial charge is 0.286 e. The Hall–Kier alpha value is -2.61. The van der Waals surface area contributed by atoms with E-state index < -0.39 is 0 Å². The lowest BCUT2D eigenvalue weighted by molar-refractivity contribution is 0.0912. The number of anilines is 1. The molecule has 132 valence electrons. The summed E-state index contributed by atoms with van der Waals surface area (Å²) >= 11 is 0. The molecule has 1 amide bonds. The van der Waals surface area contributed by atoms with Crippen molar-refractivity contribution in [1.82, 2.24) is 15.3 Å². The lowest BCUT2D eigenvalue weighted by Crippen LogP contribution is -2.34. The summed E-state index contributed by atoms with van der Waals surface area (Å²) in [6.07, 6.45) is 3.16. The van der Waals surface area contributed by atoms with E-state index in [9.17, 15) is 4.79 Å². The molecule has 3 atom stereocenters. The van der Waals surface area contributed by atoms with Crippen molar-refractivity contribution in [3.05, 3.63) is 36.5 Å². The number of hydrogen-bond donors (Lipinski definition) is 1. The predicted molar refractivity (Wildman–Crippen MR) is 88.6 cm³/mol. The number of hydrogen-bond acceptors (Lipinski definition) is 7. The van der Waals surface area contributed by atoms with Gasteiger partial charge in [-0.25, -0.2) is 9.97 Å². The molecular formula is C17H20N4O4. The average molecular weight is 344 g/mol. The summed E-state index contributed by atoms with van der Waals surface area (Å²) in [5.74, 6) is 2.16. The van der Waals surface area contributed by atoms with Crippen LogP contribution in [0.2, 0.25) is 0 Å². The minimum atomic E-state index is -0.191. The zero-order valence-electron chi connectivity index (χ0n) is 13.9. The summed E-state index contributed by atoms with van der Waals surface area (Å²) in [6.45, 7) is 2.86. The van der Waals surface area contributed by atoms with Crippen molar-refractivity contribution in [2.75, 3.05) is 38.3 Å². The Morgan fingerprint density at radius 1 is 1.44 bits per heavy atom. The maximum atomic E-state index is 12.0. The van der Waals surface area contributed by atoms with Crippen LogP contribution >= 0.6 is 0 Å². The molecule has 0 saturated carbocycles. The number of methoxy groups -OCH3 is 1. The fourth-order valence-electron chi connectivity index (χ4n) is 3.53. The largest absolute Gasteiger partial charge is 0.481 e. The molecule has 8 nitrogen and oxygen atoms in total. The first-order valence-electron chi connectivity index (χ1n) is 8.29. The second kappa shape index (κ2) is 6.72. The van der Waals surface area contributed by atoms with Gasteiger partial charge in [-0.3, -0.25) is 4.79 Å². The van der Waals surface area contributed by atoms with Crippen LogP contribution in [0.15, 0.2) is 35.2 Å². The number of amides is 1. The minimum absolute atomic E-state index is 0.159. The fraction of sp³-hybridized carbons (Fsp3) is 0.471. The first kappa shape index (κ1) is 15.9. The van der Waals surface area contributed by atoms with Crippen molar-refractivity contribution in [2.24, 2.45) is 11.8 Å². The van der Waals surface area contributed by atoms with Gasteiger partial charge in [0.1, 0.15) is 12.1 Å². The zero-order chi connectivity index (χ0) is 17.2. The molecule has 2 saturated heterocycles. The highest BCUT2D eigenvalue weighted by molar-refractivity contribution is 5.91. The third-order valence-corrected chi connectivity index (χ3v) is 4.87. The van der Waals surface area contributed by atoms with Gasteiger partial charge in [0.05, 0.1) is 26.1 Å². The molecule has 0 spiro atoms. The fourth-order valence-corrected chi connectivity index (χ4v) is 3.53. The van der Waals surface area contributed by atoms with Gasteiger partial charge in [-0.1, -0.05) is 0 Å². The van der Waals surface area contributed by atoms with Gasteiger partial charge in [0.2, 0.25) is 5.88 Å². The molecule has 4 rings (SSSR count). The monoisotopic (exact) mass is 344 g/mol. The van der Waals surface area contributed by atoms with Gasteiger partial charge in [0.15, 0.2) is 5.76 Å². The van der Waals surface area contributed by atoms with Crippen LogP contribution in [0.25, 0.3) is 0 Å². The van der Waals surface area contributed by atoms with Gasteiger partial charge in [-0.05, 0) is 12.1 Å². The molecule has 2 aromatic heterocycles. The summed E-state index contributed by atoms with van der Waals surface area (Å²) in [5, 5.41) is 2.94. The van der Waals surface area contributed by atoms with E-state index in [1.165, 1.54) is 12.6 Å². The summed E-state index contributed by atoms with van der Waals surface area (Å²) in [5.41, 5.74) is 0. The maximum Gasteiger partial charge on any atom is 0.286 e. The summed E-state index contributed by atoms with van der Waals surface area (Å²) < 4.78 is 16.2. The van der Waals surface area contributed by atoms with Crippen LogP contribution in [-0.4, -0.2) is 55.3 Å². The molecule has 2 aliphatic rings. The van der Waals surface area contributed by atoms with Crippen LogP contribution in [0.3, 0.4) is 0 Å². The Kier molecular flexibility index (Phi) is 4.27. The molecule has 25 heavy (non-hydrogen) atoms. The topological polar surface area (TPSA) is 89.7 Å². The number of nitrogens with zero attached hydrogens (tertiary/aromatic N) is 3. The first-order chi connectivity index (χ1) is 12.2. The van der Waals surface area contributed by atoms with Crippen molar-refractivity contribution in [1.29, 1.82) is 0 Å². The van der Waals surface area contributed by atoms with Gasteiger partial charge in [-0.2, -0.15) is 0 Å². The highest BCUT2D eigenvalue weighted by Crippen LogP contribution is 2.35. The van der Waals surface area contributed by atoms with Crippen molar-refractivity contribution in [2.45, 2.75) is 6.10 Å². The van der Waals surface area contributed by atoms with Crippen LogP contribution < -0.4 is 15.0 Å². The van der Waals surface area contributed by atoms with E-state index in [1.54, 1.807) is 19.2 Å². The lowest BCUT2D eigenvalue weighted by atomic mass is 9.93. The van der Waals surface area contributed by atoms with Crippen LogP contribution in [-0.2, 0) is 4.74 Å². The van der Waals surface area contributed by atoms with Crippen molar-refractivity contribution < 1.29 is 18.7 Å². The minimum Gasteiger partial charge on any atom is -0.481 e. The Labute approximate surface area is 145 Å². The zero-order valence-corrected chi connectivity index (χ0v) is 13.9. The number of aromatic nitrogens is 2. The number of carbonyl (C=O) groups is 1. The molecule has 0 aliphatic carbocycles. The molecule has 0 bridgehead atoms. The van der Waals surface area contributed by atoms with Gasteiger partial charge < -0.3 is 24.1 Å². The van der Waals surface area contributed by atoms with E-state index in [2.05, 4.69) is 20.2 Å². The van der Waals surface area contributed by atoms with E-state index >= 15 is 0 Å². The van der Waals surface area contributed by atoms with Crippen molar-refractivity contribution >= 4 is 11.7 Å². The summed E-state index contributed by atoms with van der Waals surface area (Å²) in [6, 6.07) is 5.19. The average Bonchev–Trinajstić information content (AvgIpc) is 3.37. The molecule has 8 heteroatoms.